The van der Waals surface area contributed by atoms with Gasteiger partial charge in [0.15, 0.2) is 11.5 Å². The van der Waals surface area contributed by atoms with Crippen LogP contribution in [-0.2, 0) is 9.53 Å². The lowest BCUT2D eigenvalue weighted by atomic mass is 10.1. The lowest BCUT2D eigenvalue weighted by molar-refractivity contribution is -0.140. The van der Waals surface area contributed by atoms with Crippen molar-refractivity contribution >= 4 is 11.8 Å². The van der Waals surface area contributed by atoms with Crippen molar-refractivity contribution in [3.63, 3.8) is 0 Å². The minimum Gasteiger partial charge on any atom is -0.504 e. The van der Waals surface area contributed by atoms with Crippen molar-refractivity contribution < 1.29 is 24.5 Å². The van der Waals surface area contributed by atoms with Gasteiger partial charge in [0.05, 0.1) is 11.7 Å². The van der Waals surface area contributed by atoms with E-state index >= 15 is 0 Å². The minimum absolute atomic E-state index is 0.00100. The molecule has 0 aliphatic carbocycles. The van der Waals surface area contributed by atoms with Gasteiger partial charge in [-0.1, -0.05) is 6.07 Å². The molecule has 1 fully saturated rings. The molecule has 0 spiro atoms. The smallest absolute Gasteiger partial charge is 0.255 e. The third-order valence-electron chi connectivity index (χ3n) is 3.57. The van der Waals surface area contributed by atoms with Gasteiger partial charge in [-0.3, -0.25) is 9.59 Å². The highest BCUT2D eigenvalue weighted by molar-refractivity contribution is 5.97. The fourth-order valence-corrected chi connectivity index (χ4v) is 2.34. The number of phenolic OH excluding ortho intramolecular Hbond substituents is 2. The highest BCUT2D eigenvalue weighted by Gasteiger charge is 2.31. The van der Waals surface area contributed by atoms with Crippen molar-refractivity contribution in [2.45, 2.75) is 25.0 Å². The highest BCUT2D eigenvalue weighted by Crippen LogP contribution is 2.28. The van der Waals surface area contributed by atoms with Crippen molar-refractivity contribution in [1.82, 2.24) is 10.2 Å². The molecule has 1 heterocycles. The summed E-state index contributed by atoms with van der Waals surface area (Å²) in [5.74, 6) is -1.38. The van der Waals surface area contributed by atoms with Crippen LogP contribution in [0.15, 0.2) is 18.2 Å². The van der Waals surface area contributed by atoms with Crippen LogP contribution in [0.5, 0.6) is 11.5 Å². The monoisotopic (exact) mass is 308 g/mol. The van der Waals surface area contributed by atoms with E-state index in [1.54, 1.807) is 14.1 Å². The van der Waals surface area contributed by atoms with Crippen molar-refractivity contribution in [3.05, 3.63) is 23.8 Å². The van der Waals surface area contributed by atoms with Crippen molar-refractivity contribution in [2.24, 2.45) is 0 Å². The maximum atomic E-state index is 12.0. The van der Waals surface area contributed by atoms with Gasteiger partial charge in [0, 0.05) is 20.6 Å². The largest absolute Gasteiger partial charge is 0.504 e. The summed E-state index contributed by atoms with van der Waals surface area (Å²) in [7, 11) is 3.34. The average molecular weight is 308 g/mol. The van der Waals surface area contributed by atoms with Crippen LogP contribution in [-0.4, -0.2) is 59.8 Å². The number of para-hydroxylation sites is 1. The van der Waals surface area contributed by atoms with Crippen molar-refractivity contribution in [1.29, 1.82) is 0 Å². The molecule has 1 aliphatic rings. The quantitative estimate of drug-likeness (QED) is 0.702. The van der Waals surface area contributed by atoms with Gasteiger partial charge < -0.3 is 25.2 Å². The molecule has 1 aliphatic heterocycles. The molecule has 2 rings (SSSR count). The number of hydrogen-bond donors (Lipinski definition) is 3. The first-order chi connectivity index (χ1) is 10.4. The van der Waals surface area contributed by atoms with Crippen LogP contribution in [0.1, 0.15) is 23.2 Å². The number of likely N-dealkylation sites (N-methyl/N-ethyl adjacent to an activating group) is 1. The van der Waals surface area contributed by atoms with Gasteiger partial charge >= 0.3 is 0 Å². The Balaban J connectivity index is 1.88. The lowest BCUT2D eigenvalue weighted by Gasteiger charge is -2.17. The Morgan fingerprint density at radius 1 is 1.32 bits per heavy atom. The molecule has 2 atom stereocenters. The predicted molar refractivity (Wildman–Crippen MR) is 78.7 cm³/mol. The number of aromatic hydroxyl groups is 2. The molecule has 0 bridgehead atoms. The third-order valence-corrected chi connectivity index (χ3v) is 3.57. The Labute approximate surface area is 128 Å². The molecule has 3 N–H and O–H groups in total. The second-order valence-electron chi connectivity index (χ2n) is 5.44. The molecule has 1 aromatic rings. The van der Waals surface area contributed by atoms with Gasteiger partial charge in [-0.25, -0.2) is 0 Å². The van der Waals surface area contributed by atoms with Crippen LogP contribution in [0.3, 0.4) is 0 Å². The summed E-state index contributed by atoms with van der Waals surface area (Å²) in [6.45, 7) is 0.241. The SMILES string of the molecule is CN(C)C(=O)[C@@H]1CC[C@@H](CNC(=O)c2cccc(O)c2O)O1. The molecular weight excluding hydrogens is 288 g/mol. The number of benzene rings is 1. The van der Waals surface area contributed by atoms with Crippen LogP contribution in [0, 0.1) is 0 Å². The Hall–Kier alpha value is -2.28. The molecule has 0 unspecified atom stereocenters. The van der Waals surface area contributed by atoms with Gasteiger partial charge in [0.2, 0.25) is 0 Å². The highest BCUT2D eigenvalue weighted by atomic mass is 16.5. The standard InChI is InChI=1S/C15H20N2O5/c1-17(2)15(21)12-7-6-9(22-12)8-16-14(20)10-4-3-5-11(18)13(10)19/h3-5,9,12,18-19H,6-8H2,1-2H3,(H,16,20)/t9-,12-/m0/s1. The van der Waals surface area contributed by atoms with Gasteiger partial charge in [-0.15, -0.1) is 0 Å². The first-order valence-electron chi connectivity index (χ1n) is 7.06. The van der Waals surface area contributed by atoms with Gasteiger partial charge in [0.1, 0.15) is 6.10 Å². The maximum absolute atomic E-state index is 12.0. The second-order valence-corrected chi connectivity index (χ2v) is 5.44. The molecule has 2 amide bonds. The maximum Gasteiger partial charge on any atom is 0.255 e. The summed E-state index contributed by atoms with van der Waals surface area (Å²) in [4.78, 5) is 25.3. The summed E-state index contributed by atoms with van der Waals surface area (Å²) >= 11 is 0. The molecular formula is C15H20N2O5. The summed E-state index contributed by atoms with van der Waals surface area (Å²) in [6, 6.07) is 4.18. The molecule has 1 saturated heterocycles. The van der Waals surface area contributed by atoms with E-state index < -0.39 is 17.8 Å². The van der Waals surface area contributed by atoms with Crippen LogP contribution in [0.25, 0.3) is 0 Å². The van der Waals surface area contributed by atoms with E-state index in [0.717, 1.165) is 0 Å². The number of carbonyl (C=O) groups excluding carboxylic acids is 2. The van der Waals surface area contributed by atoms with E-state index in [0.29, 0.717) is 12.8 Å². The van der Waals surface area contributed by atoms with Crippen molar-refractivity contribution in [2.75, 3.05) is 20.6 Å². The van der Waals surface area contributed by atoms with Crippen LogP contribution in [0.2, 0.25) is 0 Å². The number of amides is 2. The first-order valence-corrected chi connectivity index (χ1v) is 7.06. The Morgan fingerprint density at radius 3 is 2.73 bits per heavy atom. The molecule has 7 nitrogen and oxygen atoms in total. The molecule has 120 valence electrons. The normalized spacial score (nSPS) is 20.6. The predicted octanol–water partition coefficient (Wildman–Crippen LogP) is 0.463. The summed E-state index contributed by atoms with van der Waals surface area (Å²) in [5.41, 5.74) is -0.00100. The van der Waals surface area contributed by atoms with E-state index in [2.05, 4.69) is 5.32 Å². The zero-order chi connectivity index (χ0) is 16.3. The molecule has 7 heteroatoms. The summed E-state index contributed by atoms with van der Waals surface area (Å²) < 4.78 is 5.61. The fraction of sp³-hybridized carbons (Fsp3) is 0.467. The molecule has 0 radical (unpaired) electrons. The third kappa shape index (κ3) is 3.48. The Kier molecular flexibility index (Phi) is 4.87. The van der Waals surface area contributed by atoms with Gasteiger partial charge in [0.25, 0.3) is 11.8 Å². The van der Waals surface area contributed by atoms with Gasteiger partial charge in [-0.05, 0) is 25.0 Å². The number of carbonyl (C=O) groups is 2. The lowest BCUT2D eigenvalue weighted by Crippen LogP contribution is -2.36. The van der Waals surface area contributed by atoms with Crippen LogP contribution in [0.4, 0.5) is 0 Å². The number of hydrogen-bond acceptors (Lipinski definition) is 5. The zero-order valence-corrected chi connectivity index (χ0v) is 12.6. The second kappa shape index (κ2) is 6.65. The summed E-state index contributed by atoms with van der Waals surface area (Å²) in [5, 5.41) is 21.7. The summed E-state index contributed by atoms with van der Waals surface area (Å²) in [6.07, 6.45) is 0.592. The van der Waals surface area contributed by atoms with E-state index in [-0.39, 0.29) is 29.9 Å². The number of nitrogens with one attached hydrogen (secondary N) is 1. The van der Waals surface area contributed by atoms with E-state index in [9.17, 15) is 19.8 Å². The van der Waals surface area contributed by atoms with Crippen LogP contribution < -0.4 is 5.32 Å². The molecule has 0 aromatic heterocycles. The fourth-order valence-electron chi connectivity index (χ4n) is 2.34. The van der Waals surface area contributed by atoms with E-state index in [1.165, 1.54) is 23.1 Å². The number of rotatable bonds is 4. The zero-order valence-electron chi connectivity index (χ0n) is 12.6. The minimum atomic E-state index is -0.501. The number of phenols is 2. The topological polar surface area (TPSA) is 99.1 Å². The van der Waals surface area contributed by atoms with E-state index in [4.69, 9.17) is 4.74 Å². The Bertz CT molecular complexity index is 573. The average Bonchev–Trinajstić information content (AvgIpc) is 2.95. The number of ether oxygens (including phenoxy) is 1. The first kappa shape index (κ1) is 16.1. The molecule has 1 aromatic carbocycles. The van der Waals surface area contributed by atoms with Crippen molar-refractivity contribution in [3.8, 4) is 11.5 Å². The Morgan fingerprint density at radius 2 is 2.05 bits per heavy atom. The van der Waals surface area contributed by atoms with E-state index in [1.807, 2.05) is 0 Å². The van der Waals surface area contributed by atoms with Gasteiger partial charge in [-0.2, -0.15) is 0 Å². The number of nitrogens with zero attached hydrogens (tertiary/aromatic N) is 1. The van der Waals surface area contributed by atoms with Crippen LogP contribution >= 0.6 is 0 Å². The molecule has 22 heavy (non-hydrogen) atoms. The molecule has 0 saturated carbocycles.